The molecule has 0 bridgehead atoms. The van der Waals surface area contributed by atoms with Crippen molar-refractivity contribution in [3.05, 3.63) is 47.5 Å². The fraction of sp³-hybridized carbons (Fsp3) is 0.333. The van der Waals surface area contributed by atoms with Crippen LogP contribution >= 0.6 is 0 Å². The standard InChI is InChI=1S/C12H17N/c1-4-5-12(13)11-8-9(2)6-7-10(11)3/h4,6-8,12H,1,5,13H2,2-3H3/t12-/m1/s1. The van der Waals surface area contributed by atoms with E-state index in [1.165, 1.54) is 16.7 Å². The number of aryl methyl sites for hydroxylation is 2. The van der Waals surface area contributed by atoms with E-state index >= 15 is 0 Å². The Morgan fingerprint density at radius 2 is 2.15 bits per heavy atom. The van der Waals surface area contributed by atoms with Crippen LogP contribution in [0.1, 0.15) is 29.2 Å². The Morgan fingerprint density at radius 1 is 1.46 bits per heavy atom. The topological polar surface area (TPSA) is 26.0 Å². The Balaban J connectivity index is 2.97. The Hall–Kier alpha value is -1.08. The molecule has 1 nitrogen and oxygen atoms in total. The van der Waals surface area contributed by atoms with E-state index in [1.807, 2.05) is 6.08 Å². The molecule has 0 aliphatic carbocycles. The van der Waals surface area contributed by atoms with Crippen molar-refractivity contribution in [2.24, 2.45) is 5.73 Å². The molecule has 0 heterocycles. The van der Waals surface area contributed by atoms with E-state index in [9.17, 15) is 0 Å². The Labute approximate surface area is 80.3 Å². The van der Waals surface area contributed by atoms with Gasteiger partial charge in [0, 0.05) is 6.04 Å². The summed E-state index contributed by atoms with van der Waals surface area (Å²) < 4.78 is 0. The smallest absolute Gasteiger partial charge is 0.0332 e. The quantitative estimate of drug-likeness (QED) is 0.702. The first-order chi connectivity index (χ1) is 6.15. The predicted octanol–water partition coefficient (Wildman–Crippen LogP) is 2.88. The van der Waals surface area contributed by atoms with Crippen LogP contribution in [-0.2, 0) is 0 Å². The van der Waals surface area contributed by atoms with Gasteiger partial charge in [0.1, 0.15) is 0 Å². The monoisotopic (exact) mass is 175 g/mol. The van der Waals surface area contributed by atoms with E-state index in [0.29, 0.717) is 0 Å². The Morgan fingerprint density at radius 3 is 2.77 bits per heavy atom. The summed E-state index contributed by atoms with van der Waals surface area (Å²) >= 11 is 0. The molecule has 0 saturated heterocycles. The molecule has 1 atom stereocenters. The molecule has 0 aliphatic rings. The van der Waals surface area contributed by atoms with Crippen molar-refractivity contribution in [1.82, 2.24) is 0 Å². The van der Waals surface area contributed by atoms with Crippen molar-refractivity contribution in [1.29, 1.82) is 0 Å². The molecule has 0 amide bonds. The molecule has 13 heavy (non-hydrogen) atoms. The largest absolute Gasteiger partial charge is 0.324 e. The van der Waals surface area contributed by atoms with Gasteiger partial charge in [0.15, 0.2) is 0 Å². The van der Waals surface area contributed by atoms with E-state index in [0.717, 1.165) is 6.42 Å². The zero-order chi connectivity index (χ0) is 9.84. The van der Waals surface area contributed by atoms with Crippen LogP contribution in [-0.4, -0.2) is 0 Å². The maximum atomic E-state index is 6.00. The summed E-state index contributed by atoms with van der Waals surface area (Å²) in [6.07, 6.45) is 2.71. The van der Waals surface area contributed by atoms with Crippen LogP contribution in [0.5, 0.6) is 0 Å². The molecule has 1 rings (SSSR count). The highest BCUT2D eigenvalue weighted by molar-refractivity contribution is 5.33. The second-order valence-electron chi connectivity index (χ2n) is 3.49. The minimum Gasteiger partial charge on any atom is -0.324 e. The van der Waals surface area contributed by atoms with Crippen LogP contribution in [0.15, 0.2) is 30.9 Å². The molecule has 0 aliphatic heterocycles. The maximum Gasteiger partial charge on any atom is 0.0332 e. The van der Waals surface area contributed by atoms with Crippen molar-refractivity contribution < 1.29 is 0 Å². The predicted molar refractivity (Wildman–Crippen MR) is 57.7 cm³/mol. The van der Waals surface area contributed by atoms with Crippen molar-refractivity contribution in [3.63, 3.8) is 0 Å². The molecule has 0 unspecified atom stereocenters. The van der Waals surface area contributed by atoms with E-state index in [-0.39, 0.29) is 6.04 Å². The molecule has 70 valence electrons. The van der Waals surface area contributed by atoms with Crippen LogP contribution in [0.2, 0.25) is 0 Å². The minimum absolute atomic E-state index is 0.0948. The lowest BCUT2D eigenvalue weighted by Gasteiger charge is -2.13. The first-order valence-corrected chi connectivity index (χ1v) is 4.58. The van der Waals surface area contributed by atoms with Crippen LogP contribution in [0.3, 0.4) is 0 Å². The number of hydrogen-bond acceptors (Lipinski definition) is 1. The summed E-state index contributed by atoms with van der Waals surface area (Å²) in [6, 6.07) is 6.48. The first kappa shape index (κ1) is 10.0. The first-order valence-electron chi connectivity index (χ1n) is 4.58. The molecule has 1 aromatic rings. The van der Waals surface area contributed by atoms with Crippen LogP contribution in [0, 0.1) is 13.8 Å². The second kappa shape index (κ2) is 4.24. The zero-order valence-corrected chi connectivity index (χ0v) is 8.38. The third kappa shape index (κ3) is 2.43. The number of hydrogen-bond donors (Lipinski definition) is 1. The summed E-state index contributed by atoms with van der Waals surface area (Å²) in [7, 11) is 0. The minimum atomic E-state index is 0.0948. The molecular formula is C12H17N. The van der Waals surface area contributed by atoms with Crippen molar-refractivity contribution in [3.8, 4) is 0 Å². The normalized spacial score (nSPS) is 12.5. The highest BCUT2D eigenvalue weighted by atomic mass is 14.6. The van der Waals surface area contributed by atoms with Crippen molar-refractivity contribution in [2.45, 2.75) is 26.3 Å². The SMILES string of the molecule is C=CC[C@@H](N)c1cc(C)ccc1C. The van der Waals surface area contributed by atoms with Gasteiger partial charge in [-0.1, -0.05) is 29.8 Å². The summed E-state index contributed by atoms with van der Waals surface area (Å²) in [5, 5.41) is 0. The highest BCUT2D eigenvalue weighted by Gasteiger charge is 2.06. The average molecular weight is 175 g/mol. The Kier molecular flexibility index (Phi) is 3.26. The van der Waals surface area contributed by atoms with Gasteiger partial charge in [0.25, 0.3) is 0 Å². The molecule has 1 aromatic carbocycles. The molecular weight excluding hydrogens is 158 g/mol. The van der Waals surface area contributed by atoms with E-state index in [4.69, 9.17) is 5.73 Å². The lowest BCUT2D eigenvalue weighted by molar-refractivity contribution is 0.735. The van der Waals surface area contributed by atoms with Gasteiger partial charge in [-0.05, 0) is 31.4 Å². The fourth-order valence-electron chi connectivity index (χ4n) is 1.47. The number of rotatable bonds is 3. The van der Waals surface area contributed by atoms with Gasteiger partial charge in [0.2, 0.25) is 0 Å². The summed E-state index contributed by atoms with van der Waals surface area (Å²) in [5.74, 6) is 0. The van der Waals surface area contributed by atoms with Gasteiger partial charge in [-0.15, -0.1) is 6.58 Å². The Bertz CT molecular complexity index is 302. The average Bonchev–Trinajstić information content (AvgIpc) is 2.09. The molecule has 0 aromatic heterocycles. The fourth-order valence-corrected chi connectivity index (χ4v) is 1.47. The molecule has 0 fully saturated rings. The number of benzene rings is 1. The maximum absolute atomic E-state index is 6.00. The zero-order valence-electron chi connectivity index (χ0n) is 8.38. The summed E-state index contributed by atoms with van der Waals surface area (Å²) in [5.41, 5.74) is 9.77. The summed E-state index contributed by atoms with van der Waals surface area (Å²) in [6.45, 7) is 7.88. The van der Waals surface area contributed by atoms with Gasteiger partial charge in [-0.3, -0.25) is 0 Å². The van der Waals surface area contributed by atoms with Crippen LogP contribution < -0.4 is 5.73 Å². The number of nitrogens with two attached hydrogens (primary N) is 1. The van der Waals surface area contributed by atoms with E-state index < -0.39 is 0 Å². The third-order valence-corrected chi connectivity index (χ3v) is 2.25. The highest BCUT2D eigenvalue weighted by Crippen LogP contribution is 2.19. The molecule has 0 spiro atoms. The lowest BCUT2D eigenvalue weighted by atomic mass is 9.97. The van der Waals surface area contributed by atoms with Gasteiger partial charge in [-0.25, -0.2) is 0 Å². The van der Waals surface area contributed by atoms with E-state index in [2.05, 4.69) is 38.6 Å². The van der Waals surface area contributed by atoms with Gasteiger partial charge < -0.3 is 5.73 Å². The van der Waals surface area contributed by atoms with Gasteiger partial charge in [-0.2, -0.15) is 0 Å². The molecule has 0 saturated carbocycles. The van der Waals surface area contributed by atoms with Gasteiger partial charge >= 0.3 is 0 Å². The van der Waals surface area contributed by atoms with Crippen LogP contribution in [0.4, 0.5) is 0 Å². The lowest BCUT2D eigenvalue weighted by Crippen LogP contribution is -2.10. The molecule has 2 N–H and O–H groups in total. The third-order valence-electron chi connectivity index (χ3n) is 2.25. The van der Waals surface area contributed by atoms with Crippen molar-refractivity contribution in [2.75, 3.05) is 0 Å². The molecule has 1 heteroatoms. The summed E-state index contributed by atoms with van der Waals surface area (Å²) in [4.78, 5) is 0. The second-order valence-corrected chi connectivity index (χ2v) is 3.49. The van der Waals surface area contributed by atoms with E-state index in [1.54, 1.807) is 0 Å². The molecule has 0 radical (unpaired) electrons. The van der Waals surface area contributed by atoms with Crippen molar-refractivity contribution >= 4 is 0 Å². The van der Waals surface area contributed by atoms with Gasteiger partial charge in [0.05, 0.1) is 0 Å². The van der Waals surface area contributed by atoms with Crippen LogP contribution in [0.25, 0.3) is 0 Å².